The number of carbonyl (C=O) groups is 1. The summed E-state index contributed by atoms with van der Waals surface area (Å²) >= 11 is 0. The minimum absolute atomic E-state index is 0.0724. The smallest absolute Gasteiger partial charge is 0.410 e. The monoisotopic (exact) mass is 304 g/mol. The number of aliphatic hydroxyl groups is 1. The fourth-order valence-electron chi connectivity index (χ4n) is 2.52. The summed E-state index contributed by atoms with van der Waals surface area (Å²) in [6.45, 7) is 2.20. The van der Waals surface area contributed by atoms with E-state index in [1.54, 1.807) is 0 Å². The highest BCUT2D eigenvalue weighted by Crippen LogP contribution is 2.21. The molecule has 0 aromatic heterocycles. The van der Waals surface area contributed by atoms with E-state index >= 15 is 0 Å². The molecule has 7 heteroatoms. The van der Waals surface area contributed by atoms with Crippen LogP contribution in [0.4, 0.5) is 4.79 Å². The lowest BCUT2D eigenvalue weighted by atomic mass is 10.1. The van der Waals surface area contributed by atoms with Crippen LogP contribution in [-0.4, -0.2) is 40.8 Å². The van der Waals surface area contributed by atoms with Crippen LogP contribution in [0.5, 0.6) is 0 Å². The van der Waals surface area contributed by atoms with E-state index in [2.05, 4.69) is 10.0 Å². The topological polar surface area (TPSA) is 98.5 Å². The number of β-amino-alcohol motifs (C(OH)–C–C–N with tert-alkyl or cyclic N) is 1. The summed E-state index contributed by atoms with van der Waals surface area (Å²) in [5.74, 6) is 0. The van der Waals surface area contributed by atoms with Gasteiger partial charge >= 0.3 is 6.09 Å². The van der Waals surface area contributed by atoms with Gasteiger partial charge in [0.2, 0.25) is 0 Å². The number of carbonyl (C=O) groups excluding carboxylic acids is 1. The van der Waals surface area contributed by atoms with Crippen LogP contribution in [0.25, 0.3) is 10.4 Å². The van der Waals surface area contributed by atoms with Crippen LogP contribution in [0, 0.1) is 0 Å². The molecule has 118 valence electrons. The predicted octanol–water partition coefficient (Wildman–Crippen LogP) is 2.85. The molecule has 1 aromatic rings. The van der Waals surface area contributed by atoms with Crippen molar-refractivity contribution >= 4 is 6.09 Å². The molecule has 1 saturated heterocycles. The van der Waals surface area contributed by atoms with Gasteiger partial charge in [-0.1, -0.05) is 35.4 Å². The third-order valence-electron chi connectivity index (χ3n) is 3.88. The number of rotatable bonds is 3. The van der Waals surface area contributed by atoms with Gasteiger partial charge in [0.05, 0.1) is 18.7 Å². The highest BCUT2D eigenvalue weighted by Gasteiger charge is 2.32. The summed E-state index contributed by atoms with van der Waals surface area (Å²) in [5.41, 5.74) is 9.43. The molecule has 1 aliphatic heterocycles. The number of ether oxygens (including phenoxy) is 1. The Balaban J connectivity index is 1.97. The third kappa shape index (κ3) is 4.13. The van der Waals surface area contributed by atoms with Crippen molar-refractivity contribution in [3.05, 3.63) is 46.3 Å². The Labute approximate surface area is 129 Å². The molecule has 7 nitrogen and oxygen atoms in total. The SMILES string of the molecule is C[C@@H]1CC[C@H](N=[N+]=[N-])[C@@H](O)CN1C(=O)OCc1ccccc1. The molecule has 1 N–H and O–H groups in total. The summed E-state index contributed by atoms with van der Waals surface area (Å²) in [7, 11) is 0. The number of aliphatic hydroxyl groups excluding tert-OH is 1. The lowest BCUT2D eigenvalue weighted by Gasteiger charge is -2.27. The second-order valence-electron chi connectivity index (χ2n) is 5.46. The molecular weight excluding hydrogens is 284 g/mol. The molecule has 1 fully saturated rings. The Morgan fingerprint density at radius 3 is 2.86 bits per heavy atom. The maximum absolute atomic E-state index is 12.2. The van der Waals surface area contributed by atoms with E-state index in [4.69, 9.17) is 10.3 Å². The first-order valence-electron chi connectivity index (χ1n) is 7.31. The predicted molar refractivity (Wildman–Crippen MR) is 81.0 cm³/mol. The van der Waals surface area contributed by atoms with Crippen LogP contribution >= 0.6 is 0 Å². The van der Waals surface area contributed by atoms with Crippen LogP contribution in [0.3, 0.4) is 0 Å². The molecule has 1 aliphatic rings. The van der Waals surface area contributed by atoms with Crippen molar-refractivity contribution in [3.63, 3.8) is 0 Å². The Bertz CT molecular complexity index is 545. The van der Waals surface area contributed by atoms with E-state index < -0.39 is 18.2 Å². The van der Waals surface area contributed by atoms with Crippen molar-refractivity contribution < 1.29 is 14.6 Å². The molecule has 0 aliphatic carbocycles. The molecule has 22 heavy (non-hydrogen) atoms. The standard InChI is InChI=1S/C15H20N4O3/c1-11-7-8-13(17-18-16)14(20)9-19(11)15(21)22-10-12-5-3-2-4-6-12/h2-6,11,13-14,20H,7-10H2,1H3/t11-,13+,14+/m1/s1. The number of hydrogen-bond donors (Lipinski definition) is 1. The molecule has 2 rings (SSSR count). The summed E-state index contributed by atoms with van der Waals surface area (Å²) in [6.07, 6.45) is -0.127. The van der Waals surface area contributed by atoms with Crippen LogP contribution in [0.1, 0.15) is 25.3 Å². The first-order valence-corrected chi connectivity index (χ1v) is 7.31. The van der Waals surface area contributed by atoms with E-state index in [0.717, 1.165) is 5.56 Å². The van der Waals surface area contributed by atoms with E-state index in [-0.39, 0.29) is 19.2 Å². The fourth-order valence-corrected chi connectivity index (χ4v) is 2.52. The normalized spacial score (nSPS) is 25.0. The van der Waals surface area contributed by atoms with E-state index in [1.807, 2.05) is 37.3 Å². The average Bonchev–Trinajstić information content (AvgIpc) is 2.67. The van der Waals surface area contributed by atoms with Crippen molar-refractivity contribution in [2.45, 2.75) is 44.6 Å². The highest BCUT2D eigenvalue weighted by atomic mass is 16.6. The van der Waals surface area contributed by atoms with Gasteiger partial charge in [-0.3, -0.25) is 0 Å². The Morgan fingerprint density at radius 2 is 2.18 bits per heavy atom. The summed E-state index contributed by atoms with van der Waals surface area (Å²) in [6, 6.07) is 8.85. The molecule has 3 atom stereocenters. The van der Waals surface area contributed by atoms with Crippen LogP contribution in [0.15, 0.2) is 35.4 Å². The van der Waals surface area contributed by atoms with E-state index in [1.165, 1.54) is 4.90 Å². The van der Waals surface area contributed by atoms with Crippen molar-refractivity contribution in [2.75, 3.05) is 6.54 Å². The largest absolute Gasteiger partial charge is 0.445 e. The van der Waals surface area contributed by atoms with Gasteiger partial charge in [0.1, 0.15) is 6.61 Å². The Morgan fingerprint density at radius 1 is 1.45 bits per heavy atom. The second kappa shape index (κ2) is 7.68. The van der Waals surface area contributed by atoms with Gasteiger partial charge in [0.25, 0.3) is 0 Å². The summed E-state index contributed by atoms with van der Waals surface area (Å²) in [4.78, 5) is 16.5. The number of benzene rings is 1. The van der Waals surface area contributed by atoms with Crippen LogP contribution in [-0.2, 0) is 11.3 Å². The zero-order valence-electron chi connectivity index (χ0n) is 12.5. The van der Waals surface area contributed by atoms with E-state index in [9.17, 15) is 9.90 Å². The van der Waals surface area contributed by atoms with Gasteiger partial charge in [0.15, 0.2) is 0 Å². The van der Waals surface area contributed by atoms with Gasteiger partial charge in [-0.05, 0) is 30.9 Å². The quantitative estimate of drug-likeness (QED) is 0.528. The van der Waals surface area contributed by atoms with Gasteiger partial charge in [-0.2, -0.15) is 0 Å². The van der Waals surface area contributed by atoms with Gasteiger partial charge in [0, 0.05) is 11.0 Å². The minimum Gasteiger partial charge on any atom is -0.445 e. The van der Waals surface area contributed by atoms with Gasteiger partial charge in [-0.15, -0.1) is 0 Å². The summed E-state index contributed by atoms with van der Waals surface area (Å²) in [5, 5.41) is 13.7. The Kier molecular flexibility index (Phi) is 5.63. The van der Waals surface area contributed by atoms with Crippen LogP contribution < -0.4 is 0 Å². The molecule has 0 saturated carbocycles. The van der Waals surface area contributed by atoms with Gasteiger partial charge in [-0.25, -0.2) is 4.79 Å². The average molecular weight is 304 g/mol. The van der Waals surface area contributed by atoms with Crippen molar-refractivity contribution in [1.29, 1.82) is 0 Å². The first-order chi connectivity index (χ1) is 10.6. The minimum atomic E-state index is -0.870. The maximum Gasteiger partial charge on any atom is 0.410 e. The molecule has 1 amide bonds. The lowest BCUT2D eigenvalue weighted by molar-refractivity contribution is 0.0582. The summed E-state index contributed by atoms with van der Waals surface area (Å²) < 4.78 is 5.31. The zero-order chi connectivity index (χ0) is 15.9. The number of nitrogens with zero attached hydrogens (tertiary/aromatic N) is 4. The second-order valence-corrected chi connectivity index (χ2v) is 5.46. The first kappa shape index (κ1) is 16.1. The number of azide groups is 1. The molecule has 0 radical (unpaired) electrons. The molecule has 1 aromatic carbocycles. The molecule has 0 spiro atoms. The number of hydrogen-bond acceptors (Lipinski definition) is 4. The lowest BCUT2D eigenvalue weighted by Crippen LogP contribution is -2.43. The zero-order valence-corrected chi connectivity index (χ0v) is 12.5. The highest BCUT2D eigenvalue weighted by molar-refractivity contribution is 5.68. The fraction of sp³-hybridized carbons (Fsp3) is 0.533. The van der Waals surface area contributed by atoms with Crippen molar-refractivity contribution in [3.8, 4) is 0 Å². The maximum atomic E-state index is 12.2. The molecule has 1 heterocycles. The molecule has 0 bridgehead atoms. The van der Waals surface area contributed by atoms with Gasteiger partial charge < -0.3 is 14.7 Å². The molecular formula is C15H20N4O3. The third-order valence-corrected chi connectivity index (χ3v) is 3.88. The number of amides is 1. The Hall–Kier alpha value is -2.24. The van der Waals surface area contributed by atoms with Crippen molar-refractivity contribution in [1.82, 2.24) is 4.90 Å². The molecule has 0 unspecified atom stereocenters. The van der Waals surface area contributed by atoms with E-state index in [0.29, 0.717) is 12.8 Å². The van der Waals surface area contributed by atoms with Crippen molar-refractivity contribution in [2.24, 2.45) is 5.11 Å². The number of likely N-dealkylation sites (tertiary alicyclic amines) is 1. The van der Waals surface area contributed by atoms with Crippen LogP contribution in [0.2, 0.25) is 0 Å².